The quantitative estimate of drug-likeness (QED) is 0.360. The van der Waals surface area contributed by atoms with Crippen LogP contribution in [0.4, 0.5) is 0 Å². The maximum atomic E-state index is 8.88. The summed E-state index contributed by atoms with van der Waals surface area (Å²) in [6.07, 6.45) is 0. The largest absolute Gasteiger partial charge is 2.00 e. The number of rotatable bonds is 0. The van der Waals surface area contributed by atoms with Crippen LogP contribution in [-0.2, 0) is 24.0 Å². The van der Waals surface area contributed by atoms with E-state index in [1.165, 1.54) is 0 Å². The van der Waals surface area contributed by atoms with Gasteiger partial charge in [0.05, 0.1) is 0 Å². The number of phosphoric acid groups is 1. The van der Waals surface area contributed by atoms with Crippen molar-refractivity contribution in [1.29, 1.82) is 0 Å². The van der Waals surface area contributed by atoms with Gasteiger partial charge < -0.3 is 28.5 Å². The zero-order valence-electron chi connectivity index (χ0n) is 9.47. The summed E-state index contributed by atoms with van der Waals surface area (Å²) in [6, 6.07) is 0. The molecule has 0 aromatic heterocycles. The third kappa shape index (κ3) is 3260. The Kier molecular flexibility index (Phi) is 23.7. The first kappa shape index (κ1) is 24.1. The van der Waals surface area contributed by atoms with Gasteiger partial charge in [-0.2, -0.15) is 11.8 Å². The van der Waals surface area contributed by atoms with Crippen molar-refractivity contribution in [1.82, 2.24) is 0 Å². The molecule has 0 unspecified atom stereocenters. The molecule has 0 aromatic rings. The second kappa shape index (κ2) is 13.7. The van der Waals surface area contributed by atoms with Gasteiger partial charge in [-0.05, 0) is 0 Å². The fourth-order valence-corrected chi connectivity index (χ4v) is 0. The Balaban J connectivity index is -0.0000000522. The van der Waals surface area contributed by atoms with Gasteiger partial charge in [-0.25, -0.2) is 4.57 Å². The molecular weight excluding hydrogens is 256 g/mol. The molecule has 0 amide bonds. The standard InChI is InChI=1S/2C4H9.H3O4P.Zn/c2*1-4(2)3;1-5(2,3)4;/h2*4H,1H2,2-3H3;(H3,1,2,3,4);/q2*-1;;+2. The molecule has 0 heterocycles. The molecule has 0 atom stereocenters. The fraction of sp³-hybridized carbons (Fsp3) is 0.750. The van der Waals surface area contributed by atoms with E-state index in [4.69, 9.17) is 19.2 Å². The van der Waals surface area contributed by atoms with E-state index < -0.39 is 7.82 Å². The first-order valence-corrected chi connectivity index (χ1v) is 5.47. The third-order valence-corrected chi connectivity index (χ3v) is 0. The molecule has 4 nitrogen and oxygen atoms in total. The van der Waals surface area contributed by atoms with Crippen LogP contribution in [0.25, 0.3) is 0 Å². The molecule has 0 saturated heterocycles. The molecule has 14 heavy (non-hydrogen) atoms. The van der Waals surface area contributed by atoms with E-state index in [9.17, 15) is 0 Å². The monoisotopic (exact) mass is 276 g/mol. The van der Waals surface area contributed by atoms with Crippen LogP contribution in [0.5, 0.6) is 0 Å². The van der Waals surface area contributed by atoms with Crippen LogP contribution in [0.15, 0.2) is 0 Å². The topological polar surface area (TPSA) is 77.8 Å². The third-order valence-electron chi connectivity index (χ3n) is 0. The van der Waals surface area contributed by atoms with Gasteiger partial charge in [-0.1, -0.05) is 27.7 Å². The predicted octanol–water partition coefficient (Wildman–Crippen LogP) is 2.02. The van der Waals surface area contributed by atoms with E-state index >= 15 is 0 Å². The summed E-state index contributed by atoms with van der Waals surface area (Å²) in [5.74, 6) is 1.17. The minimum Gasteiger partial charge on any atom is -0.341 e. The Morgan fingerprint density at radius 1 is 0.929 bits per heavy atom. The van der Waals surface area contributed by atoms with Gasteiger partial charge in [0.25, 0.3) is 0 Å². The van der Waals surface area contributed by atoms with Crippen LogP contribution in [0.1, 0.15) is 27.7 Å². The molecule has 0 rings (SSSR count). The van der Waals surface area contributed by atoms with Crippen molar-refractivity contribution in [2.24, 2.45) is 11.8 Å². The van der Waals surface area contributed by atoms with E-state index in [1.807, 2.05) is 0 Å². The zero-order valence-corrected chi connectivity index (χ0v) is 13.3. The molecule has 0 aliphatic carbocycles. The van der Waals surface area contributed by atoms with Crippen molar-refractivity contribution >= 4 is 7.82 Å². The van der Waals surface area contributed by atoms with Gasteiger partial charge in [-0.3, -0.25) is 0 Å². The summed E-state index contributed by atoms with van der Waals surface area (Å²) in [7, 11) is -4.64. The molecule has 84 valence electrons. The number of hydrogen-bond donors (Lipinski definition) is 3. The summed E-state index contributed by atoms with van der Waals surface area (Å²) in [5, 5.41) is 0. The van der Waals surface area contributed by atoms with Crippen LogP contribution in [0, 0.1) is 25.7 Å². The van der Waals surface area contributed by atoms with Crippen molar-refractivity contribution < 1.29 is 38.7 Å². The molecule has 6 heteroatoms. The zero-order chi connectivity index (χ0) is 11.7. The van der Waals surface area contributed by atoms with Gasteiger partial charge >= 0.3 is 27.3 Å². The minimum absolute atomic E-state index is 0. The van der Waals surface area contributed by atoms with Crippen LogP contribution in [0.3, 0.4) is 0 Å². The van der Waals surface area contributed by atoms with Crippen molar-refractivity contribution in [2.75, 3.05) is 0 Å². The molecule has 0 bridgehead atoms. The van der Waals surface area contributed by atoms with Crippen molar-refractivity contribution in [3.8, 4) is 0 Å². The minimum atomic E-state index is -4.64. The van der Waals surface area contributed by atoms with Gasteiger partial charge in [-0.15, -0.1) is 0 Å². The van der Waals surface area contributed by atoms with E-state index in [-0.39, 0.29) is 19.5 Å². The summed E-state index contributed by atoms with van der Waals surface area (Å²) in [5.41, 5.74) is 0. The first-order valence-electron chi connectivity index (χ1n) is 3.91. The van der Waals surface area contributed by atoms with Crippen molar-refractivity contribution in [3.63, 3.8) is 0 Å². The molecule has 0 saturated carbocycles. The Morgan fingerprint density at radius 2 is 0.929 bits per heavy atom. The maximum Gasteiger partial charge on any atom is 2.00 e. The first-order chi connectivity index (χ1) is 5.46. The fourth-order valence-electron chi connectivity index (χ4n) is 0. The molecule has 3 N–H and O–H groups in total. The average molecular weight is 278 g/mol. The molecule has 0 radical (unpaired) electrons. The van der Waals surface area contributed by atoms with Crippen LogP contribution >= 0.6 is 7.82 Å². The summed E-state index contributed by atoms with van der Waals surface area (Å²) >= 11 is 0. The van der Waals surface area contributed by atoms with E-state index in [0.717, 1.165) is 0 Å². The summed E-state index contributed by atoms with van der Waals surface area (Å²) < 4.78 is 8.88. The van der Waals surface area contributed by atoms with Crippen LogP contribution in [-0.4, -0.2) is 14.7 Å². The number of hydrogen-bond acceptors (Lipinski definition) is 1. The molecular formula is C8H21O4PZn. The summed E-state index contributed by atoms with van der Waals surface area (Å²) in [4.78, 5) is 21.6. The summed E-state index contributed by atoms with van der Waals surface area (Å²) in [6.45, 7) is 15.5. The second-order valence-electron chi connectivity index (χ2n) is 3.30. The Labute approximate surface area is 100 Å². The molecule has 0 aliphatic rings. The normalized spacial score (nSPS) is 9.36. The molecule has 0 aliphatic heterocycles. The van der Waals surface area contributed by atoms with Crippen LogP contribution < -0.4 is 0 Å². The van der Waals surface area contributed by atoms with Crippen molar-refractivity contribution in [2.45, 2.75) is 27.7 Å². The van der Waals surface area contributed by atoms with Gasteiger partial charge in [0, 0.05) is 0 Å². The Bertz CT molecular complexity index is 114. The average Bonchev–Trinajstić information content (AvgIpc) is 1.50. The maximum absolute atomic E-state index is 8.88. The van der Waals surface area contributed by atoms with Gasteiger partial charge in [0.2, 0.25) is 0 Å². The van der Waals surface area contributed by atoms with E-state index in [0.29, 0.717) is 11.8 Å². The van der Waals surface area contributed by atoms with Crippen LogP contribution in [0.2, 0.25) is 0 Å². The predicted molar refractivity (Wildman–Crippen MR) is 54.7 cm³/mol. The Morgan fingerprint density at radius 3 is 0.929 bits per heavy atom. The second-order valence-corrected chi connectivity index (χ2v) is 4.33. The Hall–Kier alpha value is 0.733. The molecule has 0 fully saturated rings. The van der Waals surface area contributed by atoms with E-state index in [1.54, 1.807) is 0 Å². The van der Waals surface area contributed by atoms with Gasteiger partial charge in [0.1, 0.15) is 0 Å². The SMILES string of the molecule is O=P(O)(O)O.[CH2-]C(C)C.[CH2-]C(C)C.[Zn+2]. The molecule has 0 spiro atoms. The van der Waals surface area contributed by atoms with Crippen molar-refractivity contribution in [3.05, 3.63) is 13.8 Å². The smallest absolute Gasteiger partial charge is 0.341 e. The van der Waals surface area contributed by atoms with Gasteiger partial charge in [0.15, 0.2) is 0 Å². The molecule has 0 aromatic carbocycles. The van der Waals surface area contributed by atoms with E-state index in [2.05, 4.69) is 41.5 Å².